The Hall–Kier alpha value is -2.44. The van der Waals surface area contributed by atoms with Crippen LogP contribution in [-0.2, 0) is 4.79 Å². The number of halogens is 2. The van der Waals surface area contributed by atoms with Crippen molar-refractivity contribution in [2.45, 2.75) is 6.42 Å². The van der Waals surface area contributed by atoms with Gasteiger partial charge in [0, 0.05) is 11.4 Å². The minimum absolute atomic E-state index is 0.121. The monoisotopic (exact) mass is 367 g/mol. The fourth-order valence-corrected chi connectivity index (χ4v) is 2.24. The Morgan fingerprint density at radius 3 is 2.42 bits per heavy atom. The largest absolute Gasteiger partial charge is 0.491 e. The molecule has 6 nitrogen and oxygen atoms in total. The lowest BCUT2D eigenvalue weighted by atomic mass is 10.2. The molecular weight excluding hydrogens is 353 g/mol. The molecule has 0 saturated carbocycles. The molecular formula is C16H15Cl2N3O3. The van der Waals surface area contributed by atoms with Gasteiger partial charge in [0.1, 0.15) is 10.8 Å². The van der Waals surface area contributed by atoms with Gasteiger partial charge < -0.3 is 21.1 Å². The van der Waals surface area contributed by atoms with Crippen LogP contribution in [0.5, 0.6) is 5.75 Å². The van der Waals surface area contributed by atoms with E-state index in [-0.39, 0.29) is 18.9 Å². The van der Waals surface area contributed by atoms with Gasteiger partial charge in [-0.15, -0.1) is 0 Å². The second-order valence-corrected chi connectivity index (χ2v) is 5.55. The van der Waals surface area contributed by atoms with Crippen LogP contribution in [0.15, 0.2) is 42.5 Å². The molecule has 3 amide bonds. The molecule has 0 aliphatic carbocycles. The van der Waals surface area contributed by atoms with Crippen LogP contribution in [0.3, 0.4) is 0 Å². The normalized spacial score (nSPS) is 10.1. The number of urea groups is 1. The molecule has 0 unspecified atom stereocenters. The average Bonchev–Trinajstić information content (AvgIpc) is 2.51. The topological polar surface area (TPSA) is 93.5 Å². The Morgan fingerprint density at radius 2 is 1.71 bits per heavy atom. The molecule has 2 rings (SSSR count). The number of hydrogen-bond acceptors (Lipinski definition) is 3. The lowest BCUT2D eigenvalue weighted by molar-refractivity contribution is -0.116. The SMILES string of the molecule is NC(=O)Nc1cccc(NC(=O)CCOc2cccc(Cl)c2Cl)c1. The lowest BCUT2D eigenvalue weighted by Gasteiger charge is -2.10. The second kappa shape index (κ2) is 8.42. The van der Waals surface area contributed by atoms with E-state index < -0.39 is 6.03 Å². The maximum atomic E-state index is 11.9. The summed E-state index contributed by atoms with van der Waals surface area (Å²) in [7, 11) is 0. The standard InChI is InChI=1S/C16H15Cl2N3O3/c17-12-5-2-6-13(15(12)18)24-8-7-14(22)20-10-3-1-4-11(9-10)21-16(19)23/h1-6,9H,7-8H2,(H,20,22)(H3,19,21,23). The molecule has 0 aliphatic rings. The summed E-state index contributed by atoms with van der Waals surface area (Å²) in [5.74, 6) is 0.175. The van der Waals surface area contributed by atoms with Crippen molar-refractivity contribution in [3.8, 4) is 5.75 Å². The number of benzene rings is 2. The van der Waals surface area contributed by atoms with Crippen LogP contribution in [0.2, 0.25) is 10.0 Å². The van der Waals surface area contributed by atoms with Crippen LogP contribution in [-0.4, -0.2) is 18.5 Å². The van der Waals surface area contributed by atoms with Crippen molar-refractivity contribution in [2.75, 3.05) is 17.2 Å². The molecule has 4 N–H and O–H groups in total. The van der Waals surface area contributed by atoms with E-state index in [1.165, 1.54) is 0 Å². The van der Waals surface area contributed by atoms with Gasteiger partial charge in [-0.3, -0.25) is 4.79 Å². The van der Waals surface area contributed by atoms with Crippen LogP contribution in [0.1, 0.15) is 6.42 Å². The molecule has 0 radical (unpaired) electrons. The van der Waals surface area contributed by atoms with E-state index in [1.807, 2.05) is 0 Å². The Bertz CT molecular complexity index is 753. The van der Waals surface area contributed by atoms with E-state index in [4.69, 9.17) is 33.7 Å². The van der Waals surface area contributed by atoms with Crippen molar-refractivity contribution in [1.29, 1.82) is 0 Å². The zero-order valence-electron chi connectivity index (χ0n) is 12.5. The van der Waals surface area contributed by atoms with Gasteiger partial charge in [0.2, 0.25) is 5.91 Å². The Morgan fingerprint density at radius 1 is 1.04 bits per heavy atom. The summed E-state index contributed by atoms with van der Waals surface area (Å²) in [5.41, 5.74) is 6.07. The minimum Gasteiger partial charge on any atom is -0.491 e. The number of amides is 3. The van der Waals surface area contributed by atoms with E-state index in [2.05, 4.69) is 10.6 Å². The van der Waals surface area contributed by atoms with Crippen molar-refractivity contribution in [3.05, 3.63) is 52.5 Å². The summed E-state index contributed by atoms with van der Waals surface area (Å²) in [6, 6.07) is 11.0. The van der Waals surface area contributed by atoms with Gasteiger partial charge in [-0.2, -0.15) is 0 Å². The van der Waals surface area contributed by atoms with Crippen LogP contribution in [0.4, 0.5) is 16.2 Å². The fraction of sp³-hybridized carbons (Fsp3) is 0.125. The molecule has 0 fully saturated rings. The number of hydrogen-bond donors (Lipinski definition) is 3. The summed E-state index contributed by atoms with van der Waals surface area (Å²) in [6.07, 6.45) is 0.121. The van der Waals surface area contributed by atoms with Gasteiger partial charge in [-0.05, 0) is 30.3 Å². The number of carbonyl (C=O) groups excluding carboxylic acids is 2. The first-order chi connectivity index (χ1) is 11.5. The fourth-order valence-electron chi connectivity index (χ4n) is 1.89. The Balaban J connectivity index is 1.85. The minimum atomic E-state index is -0.676. The number of ether oxygens (including phenoxy) is 1. The average molecular weight is 368 g/mol. The molecule has 0 aliphatic heterocycles. The van der Waals surface area contributed by atoms with Gasteiger partial charge in [0.25, 0.3) is 0 Å². The van der Waals surface area contributed by atoms with Crippen molar-refractivity contribution in [1.82, 2.24) is 0 Å². The van der Waals surface area contributed by atoms with Crippen molar-refractivity contribution in [2.24, 2.45) is 5.73 Å². The summed E-state index contributed by atoms with van der Waals surface area (Å²) < 4.78 is 5.45. The van der Waals surface area contributed by atoms with Gasteiger partial charge in [0.05, 0.1) is 18.1 Å². The number of anilines is 2. The highest BCUT2D eigenvalue weighted by Crippen LogP contribution is 2.31. The van der Waals surface area contributed by atoms with E-state index in [0.29, 0.717) is 27.2 Å². The predicted octanol–water partition coefficient (Wildman–Crippen LogP) is 3.89. The van der Waals surface area contributed by atoms with E-state index >= 15 is 0 Å². The first-order valence-electron chi connectivity index (χ1n) is 6.99. The predicted molar refractivity (Wildman–Crippen MR) is 94.9 cm³/mol. The highest BCUT2D eigenvalue weighted by Gasteiger charge is 2.08. The molecule has 24 heavy (non-hydrogen) atoms. The molecule has 0 bridgehead atoms. The smallest absolute Gasteiger partial charge is 0.316 e. The van der Waals surface area contributed by atoms with Gasteiger partial charge in [0.15, 0.2) is 0 Å². The number of nitrogens with one attached hydrogen (secondary N) is 2. The third-order valence-corrected chi connectivity index (χ3v) is 3.72. The van der Waals surface area contributed by atoms with Crippen LogP contribution in [0, 0.1) is 0 Å². The van der Waals surface area contributed by atoms with Gasteiger partial charge >= 0.3 is 6.03 Å². The molecule has 0 aromatic heterocycles. The van der Waals surface area contributed by atoms with Crippen LogP contribution < -0.4 is 21.1 Å². The number of nitrogens with two attached hydrogens (primary N) is 1. The number of rotatable bonds is 6. The highest BCUT2D eigenvalue weighted by atomic mass is 35.5. The van der Waals surface area contributed by atoms with Crippen molar-refractivity contribution < 1.29 is 14.3 Å². The number of carbonyl (C=O) groups is 2. The lowest BCUT2D eigenvalue weighted by Crippen LogP contribution is -2.19. The molecule has 0 heterocycles. The van der Waals surface area contributed by atoms with E-state index in [0.717, 1.165) is 0 Å². The third-order valence-electron chi connectivity index (χ3n) is 2.92. The van der Waals surface area contributed by atoms with E-state index in [1.54, 1.807) is 42.5 Å². The van der Waals surface area contributed by atoms with Crippen LogP contribution in [0.25, 0.3) is 0 Å². The summed E-state index contributed by atoms with van der Waals surface area (Å²) in [6.45, 7) is 0.144. The highest BCUT2D eigenvalue weighted by molar-refractivity contribution is 6.42. The summed E-state index contributed by atoms with van der Waals surface area (Å²) in [4.78, 5) is 22.7. The van der Waals surface area contributed by atoms with Gasteiger partial charge in [-0.25, -0.2) is 4.79 Å². The first-order valence-corrected chi connectivity index (χ1v) is 7.74. The maximum absolute atomic E-state index is 11.9. The third kappa shape index (κ3) is 5.33. The second-order valence-electron chi connectivity index (χ2n) is 4.77. The van der Waals surface area contributed by atoms with E-state index in [9.17, 15) is 9.59 Å². The molecule has 0 spiro atoms. The van der Waals surface area contributed by atoms with Crippen molar-refractivity contribution in [3.63, 3.8) is 0 Å². The van der Waals surface area contributed by atoms with Gasteiger partial charge in [-0.1, -0.05) is 35.3 Å². The Labute approximate surface area is 148 Å². The zero-order valence-corrected chi connectivity index (χ0v) is 14.0. The molecule has 2 aromatic rings. The molecule has 0 atom stereocenters. The molecule has 2 aromatic carbocycles. The maximum Gasteiger partial charge on any atom is 0.316 e. The Kier molecular flexibility index (Phi) is 6.28. The summed E-state index contributed by atoms with van der Waals surface area (Å²) >= 11 is 11.9. The first kappa shape index (κ1) is 17.9. The zero-order chi connectivity index (χ0) is 17.5. The molecule has 126 valence electrons. The quantitative estimate of drug-likeness (QED) is 0.722. The van der Waals surface area contributed by atoms with Crippen LogP contribution >= 0.6 is 23.2 Å². The molecule has 8 heteroatoms. The number of primary amides is 1. The van der Waals surface area contributed by atoms with Crippen molar-refractivity contribution >= 4 is 46.5 Å². The summed E-state index contributed by atoms with van der Waals surface area (Å²) in [5, 5.41) is 5.82. The molecule has 0 saturated heterocycles.